The lowest BCUT2D eigenvalue weighted by Crippen LogP contribution is -2.35. The van der Waals surface area contributed by atoms with Gasteiger partial charge in [0.2, 0.25) is 11.9 Å². The van der Waals surface area contributed by atoms with Crippen LogP contribution in [0.3, 0.4) is 0 Å². The number of fused-ring (bicyclic) bond motifs is 2. The minimum Gasteiger partial charge on any atom is -0.364 e. The number of benzene rings is 1. The highest BCUT2D eigenvalue weighted by Crippen LogP contribution is 2.44. The molecule has 3 aromatic heterocycles. The fraction of sp³-hybridized carbons (Fsp3) is 0.429. The van der Waals surface area contributed by atoms with Crippen LogP contribution < -0.4 is 16.0 Å². The van der Waals surface area contributed by atoms with E-state index in [4.69, 9.17) is 24.4 Å². The number of hydrogen-bond acceptors (Lipinski definition) is 10. The zero-order valence-electron chi connectivity index (χ0n) is 22.4. The van der Waals surface area contributed by atoms with Crippen molar-refractivity contribution in [3.8, 4) is 10.6 Å². The van der Waals surface area contributed by atoms with E-state index in [1.807, 2.05) is 45.0 Å². The predicted molar refractivity (Wildman–Crippen MR) is 155 cm³/mol. The fourth-order valence-corrected chi connectivity index (χ4v) is 7.16. The molecular weight excluding hydrogens is 532 g/mol. The highest BCUT2D eigenvalue weighted by atomic mass is 32.1. The molecule has 6 rings (SSSR count). The number of carbonyl (C=O) groups is 1. The van der Waals surface area contributed by atoms with Gasteiger partial charge in [-0.3, -0.25) is 4.79 Å². The summed E-state index contributed by atoms with van der Waals surface area (Å²) < 4.78 is 13.8. The monoisotopic (exact) mass is 564 g/mol. The van der Waals surface area contributed by atoms with Crippen molar-refractivity contribution in [3.63, 3.8) is 0 Å². The fourth-order valence-electron chi connectivity index (χ4n) is 5.45. The number of ether oxygens (including phenoxy) is 2. The summed E-state index contributed by atoms with van der Waals surface area (Å²) in [4.78, 5) is 27.6. The summed E-state index contributed by atoms with van der Waals surface area (Å²) in [5, 5.41) is 13.0. The minimum absolute atomic E-state index is 0.0489. The second-order valence-corrected chi connectivity index (χ2v) is 12.6. The Kier molecular flexibility index (Phi) is 7.00. The Labute approximate surface area is 235 Å². The first-order valence-corrected chi connectivity index (χ1v) is 14.8. The van der Waals surface area contributed by atoms with Gasteiger partial charge in [0, 0.05) is 24.3 Å². The number of nitrogens with zero attached hydrogens (tertiary/aromatic N) is 3. The Balaban J connectivity index is 1.35. The molecule has 1 saturated carbocycles. The number of aryl methyl sites for hydroxylation is 1. The second-order valence-electron chi connectivity index (χ2n) is 10.5. The highest BCUT2D eigenvalue weighted by molar-refractivity contribution is 7.21. The van der Waals surface area contributed by atoms with E-state index in [2.05, 4.69) is 33.5 Å². The van der Waals surface area contributed by atoms with E-state index in [1.54, 1.807) is 22.7 Å². The van der Waals surface area contributed by atoms with E-state index >= 15 is 0 Å². The smallest absolute Gasteiger partial charge is 0.225 e. The summed E-state index contributed by atoms with van der Waals surface area (Å²) in [5.74, 6) is 0.638. The standard InChI is InChI=1S/C28H32N6O3S2/c1-15-22(26-33-19-9-5-6-10-21(19)39-26)25(34-27(31-15)30-14-18-8-7-11-38-18)32-20-12-17(13-29-16(2)35)23-24(20)37-28(3,4)36-23/h5-11,17,20,23-24H,12-14H2,1-4H3,(H,29,35)(H2,30,31,32,34)/t17-,20-,23-,24+/m1/s1. The molecule has 204 valence electrons. The first-order chi connectivity index (χ1) is 18.8. The maximum absolute atomic E-state index is 11.7. The van der Waals surface area contributed by atoms with Crippen LogP contribution in [0.15, 0.2) is 41.8 Å². The third-order valence-electron chi connectivity index (χ3n) is 7.12. The van der Waals surface area contributed by atoms with E-state index in [-0.39, 0.29) is 30.1 Å². The van der Waals surface area contributed by atoms with E-state index < -0.39 is 5.79 Å². The van der Waals surface area contributed by atoms with E-state index in [0.717, 1.165) is 32.9 Å². The lowest BCUT2D eigenvalue weighted by Gasteiger charge is -2.25. The third-order valence-corrected chi connectivity index (χ3v) is 9.05. The van der Waals surface area contributed by atoms with Crippen LogP contribution in [-0.4, -0.2) is 51.4 Å². The molecule has 4 aromatic rings. The number of amides is 1. The molecule has 0 radical (unpaired) electrons. The Hall–Kier alpha value is -3.12. The minimum atomic E-state index is -0.699. The average molecular weight is 565 g/mol. The van der Waals surface area contributed by atoms with Crippen LogP contribution in [0, 0.1) is 12.8 Å². The van der Waals surface area contributed by atoms with Crippen molar-refractivity contribution in [2.75, 3.05) is 17.2 Å². The van der Waals surface area contributed by atoms with Crippen molar-refractivity contribution in [1.82, 2.24) is 20.3 Å². The van der Waals surface area contributed by atoms with Gasteiger partial charge in [0.1, 0.15) is 16.9 Å². The Morgan fingerprint density at radius 1 is 1.10 bits per heavy atom. The summed E-state index contributed by atoms with van der Waals surface area (Å²) in [5.41, 5.74) is 2.68. The molecule has 0 unspecified atom stereocenters. The molecule has 2 aliphatic rings. The van der Waals surface area contributed by atoms with Crippen LogP contribution in [0.1, 0.15) is 37.8 Å². The number of para-hydroxylation sites is 1. The second kappa shape index (κ2) is 10.5. The summed E-state index contributed by atoms with van der Waals surface area (Å²) in [6, 6.07) is 12.2. The van der Waals surface area contributed by atoms with Crippen LogP contribution in [-0.2, 0) is 20.8 Å². The van der Waals surface area contributed by atoms with Crippen molar-refractivity contribution < 1.29 is 14.3 Å². The van der Waals surface area contributed by atoms with Gasteiger partial charge in [0.05, 0.1) is 40.2 Å². The molecule has 4 atom stereocenters. The van der Waals surface area contributed by atoms with Gasteiger partial charge in [-0.25, -0.2) is 9.97 Å². The average Bonchev–Trinajstić information content (AvgIpc) is 3.66. The third kappa shape index (κ3) is 5.49. The number of nitrogens with one attached hydrogen (secondary N) is 3. The molecule has 2 fully saturated rings. The molecule has 1 saturated heterocycles. The lowest BCUT2D eigenvalue weighted by molar-refractivity contribution is -0.157. The highest BCUT2D eigenvalue weighted by Gasteiger charge is 2.54. The number of thiazole rings is 1. The number of rotatable bonds is 8. The number of carbonyl (C=O) groups excluding carboxylic acids is 1. The van der Waals surface area contributed by atoms with Gasteiger partial charge in [-0.05, 0) is 50.8 Å². The van der Waals surface area contributed by atoms with E-state index in [1.165, 1.54) is 11.8 Å². The molecule has 0 bridgehead atoms. The molecule has 11 heteroatoms. The van der Waals surface area contributed by atoms with Crippen molar-refractivity contribution in [3.05, 3.63) is 52.3 Å². The number of thiophene rings is 1. The predicted octanol–water partition coefficient (Wildman–Crippen LogP) is 5.19. The molecular formula is C28H32N6O3S2. The van der Waals surface area contributed by atoms with Gasteiger partial charge in [0.25, 0.3) is 0 Å². The van der Waals surface area contributed by atoms with Gasteiger partial charge in [-0.2, -0.15) is 4.98 Å². The van der Waals surface area contributed by atoms with Gasteiger partial charge in [-0.1, -0.05) is 18.2 Å². The topological polar surface area (TPSA) is 110 Å². The molecule has 9 nitrogen and oxygen atoms in total. The largest absolute Gasteiger partial charge is 0.364 e. The lowest BCUT2D eigenvalue weighted by atomic mass is 10.1. The SMILES string of the molecule is CC(=O)NC[C@H]1C[C@@H](Nc2nc(NCc3cccs3)nc(C)c2-c2nc3ccccc3s2)[C@@H]2OC(C)(C)O[C@H]12. The molecule has 3 N–H and O–H groups in total. The maximum atomic E-state index is 11.7. The molecule has 1 amide bonds. The van der Waals surface area contributed by atoms with Crippen LogP contribution >= 0.6 is 22.7 Å². The van der Waals surface area contributed by atoms with Gasteiger partial charge < -0.3 is 25.4 Å². The van der Waals surface area contributed by atoms with Crippen LogP contribution in [0.5, 0.6) is 0 Å². The summed E-state index contributed by atoms with van der Waals surface area (Å²) in [6.45, 7) is 8.60. The number of anilines is 2. The van der Waals surface area contributed by atoms with Crippen molar-refractivity contribution >= 4 is 50.6 Å². The normalized spacial score (nSPS) is 23.6. The molecule has 39 heavy (non-hydrogen) atoms. The molecule has 1 aliphatic carbocycles. The van der Waals surface area contributed by atoms with Crippen LogP contribution in [0.25, 0.3) is 20.8 Å². The molecule has 1 aliphatic heterocycles. The van der Waals surface area contributed by atoms with Crippen LogP contribution in [0.2, 0.25) is 0 Å². The zero-order chi connectivity index (χ0) is 27.1. The summed E-state index contributed by atoms with van der Waals surface area (Å²) >= 11 is 3.33. The first kappa shape index (κ1) is 26.1. The number of hydrogen-bond donors (Lipinski definition) is 3. The molecule has 1 aromatic carbocycles. The van der Waals surface area contributed by atoms with Crippen molar-refractivity contribution in [1.29, 1.82) is 0 Å². The number of aromatic nitrogens is 3. The van der Waals surface area contributed by atoms with Crippen LogP contribution in [0.4, 0.5) is 11.8 Å². The first-order valence-electron chi connectivity index (χ1n) is 13.1. The Morgan fingerprint density at radius 3 is 2.69 bits per heavy atom. The zero-order valence-corrected chi connectivity index (χ0v) is 24.0. The Bertz CT molecular complexity index is 1450. The van der Waals surface area contributed by atoms with Crippen molar-refractivity contribution in [2.24, 2.45) is 5.92 Å². The van der Waals surface area contributed by atoms with Gasteiger partial charge in [0.15, 0.2) is 5.79 Å². The van der Waals surface area contributed by atoms with Gasteiger partial charge >= 0.3 is 0 Å². The van der Waals surface area contributed by atoms with Crippen molar-refractivity contribution in [2.45, 2.75) is 64.7 Å². The molecule has 4 heterocycles. The summed E-state index contributed by atoms with van der Waals surface area (Å²) in [7, 11) is 0. The maximum Gasteiger partial charge on any atom is 0.225 e. The summed E-state index contributed by atoms with van der Waals surface area (Å²) in [6.07, 6.45) is 0.459. The van der Waals surface area contributed by atoms with E-state index in [0.29, 0.717) is 24.9 Å². The Morgan fingerprint density at radius 2 is 1.92 bits per heavy atom. The molecule has 0 spiro atoms. The van der Waals surface area contributed by atoms with Gasteiger partial charge in [-0.15, -0.1) is 22.7 Å². The van der Waals surface area contributed by atoms with E-state index in [9.17, 15) is 4.79 Å². The quantitative estimate of drug-likeness (QED) is 0.268.